The first-order chi connectivity index (χ1) is 9.95. The lowest BCUT2D eigenvalue weighted by Crippen LogP contribution is -2.29. The van der Waals surface area contributed by atoms with Gasteiger partial charge in [-0.1, -0.05) is 5.92 Å². The molecule has 0 radical (unpaired) electrons. The first-order valence-corrected chi connectivity index (χ1v) is 5.86. The summed E-state index contributed by atoms with van der Waals surface area (Å²) in [6.45, 7) is 1.80. The maximum atomic E-state index is 12.0. The number of carbonyl (C=O) groups excluding carboxylic acids is 1. The van der Waals surface area contributed by atoms with Crippen LogP contribution in [0.2, 0.25) is 0 Å². The van der Waals surface area contributed by atoms with Crippen LogP contribution in [-0.4, -0.2) is 25.0 Å². The SMILES string of the molecule is CC#CCn1c(C#CC(N)=O)nc2c1c(=O)[nH]c(=O)n2C. The summed E-state index contributed by atoms with van der Waals surface area (Å²) in [7, 11) is 1.47. The number of fused-ring (bicyclic) bond motifs is 1. The quantitative estimate of drug-likeness (QED) is 0.606. The molecule has 3 N–H and O–H groups in total. The van der Waals surface area contributed by atoms with Crippen LogP contribution in [-0.2, 0) is 18.4 Å². The molecule has 0 saturated heterocycles. The fraction of sp³-hybridized carbons (Fsp3) is 0.231. The molecule has 0 aliphatic rings. The van der Waals surface area contributed by atoms with E-state index < -0.39 is 17.2 Å². The van der Waals surface area contributed by atoms with E-state index in [9.17, 15) is 14.4 Å². The molecule has 106 valence electrons. The van der Waals surface area contributed by atoms with E-state index in [2.05, 4.69) is 33.6 Å². The van der Waals surface area contributed by atoms with Gasteiger partial charge in [0, 0.05) is 13.0 Å². The van der Waals surface area contributed by atoms with E-state index in [-0.39, 0.29) is 23.5 Å². The molecule has 8 heteroatoms. The van der Waals surface area contributed by atoms with E-state index in [1.807, 2.05) is 0 Å². The molecule has 0 bridgehead atoms. The molecule has 8 nitrogen and oxygen atoms in total. The molecule has 21 heavy (non-hydrogen) atoms. The molecule has 0 spiro atoms. The Labute approximate surface area is 118 Å². The molecule has 0 aromatic carbocycles. The molecule has 2 rings (SSSR count). The lowest BCUT2D eigenvalue weighted by Gasteiger charge is -2.00. The second kappa shape index (κ2) is 5.39. The highest BCUT2D eigenvalue weighted by atomic mass is 16.2. The minimum atomic E-state index is -0.821. The number of carbonyl (C=O) groups is 1. The normalized spacial score (nSPS) is 9.62. The van der Waals surface area contributed by atoms with Crippen molar-refractivity contribution in [1.82, 2.24) is 19.1 Å². The lowest BCUT2D eigenvalue weighted by atomic mass is 10.4. The highest BCUT2D eigenvalue weighted by molar-refractivity contribution is 5.92. The molecular formula is C13H11N5O3. The summed E-state index contributed by atoms with van der Waals surface area (Å²) in [6, 6.07) is 0. The van der Waals surface area contributed by atoms with Crippen LogP contribution in [0.15, 0.2) is 9.59 Å². The Morgan fingerprint density at radius 2 is 2.14 bits per heavy atom. The molecule has 2 aromatic rings. The van der Waals surface area contributed by atoms with E-state index in [1.165, 1.54) is 16.2 Å². The maximum absolute atomic E-state index is 12.0. The summed E-state index contributed by atoms with van der Waals surface area (Å²) < 4.78 is 2.61. The number of nitrogens with two attached hydrogens (primary N) is 1. The number of nitrogens with zero attached hydrogens (tertiary/aromatic N) is 3. The van der Waals surface area contributed by atoms with E-state index in [1.54, 1.807) is 6.92 Å². The Hall–Kier alpha value is -3.26. The van der Waals surface area contributed by atoms with E-state index in [0.717, 1.165) is 0 Å². The third-order valence-corrected chi connectivity index (χ3v) is 2.72. The Bertz CT molecular complexity index is 969. The van der Waals surface area contributed by atoms with Crippen molar-refractivity contribution in [1.29, 1.82) is 0 Å². The van der Waals surface area contributed by atoms with Crippen LogP contribution in [0.1, 0.15) is 12.7 Å². The number of aromatic nitrogens is 4. The van der Waals surface area contributed by atoms with Crippen molar-refractivity contribution >= 4 is 17.1 Å². The van der Waals surface area contributed by atoms with Crippen molar-refractivity contribution in [3.8, 4) is 23.7 Å². The van der Waals surface area contributed by atoms with Gasteiger partial charge in [-0.3, -0.25) is 23.7 Å². The summed E-state index contributed by atoms with van der Waals surface area (Å²) in [6.07, 6.45) is 0. The number of nitrogens with one attached hydrogen (secondary N) is 1. The van der Waals surface area contributed by atoms with Gasteiger partial charge in [-0.15, -0.1) is 5.92 Å². The number of aromatic amines is 1. The second-order valence-corrected chi connectivity index (χ2v) is 4.05. The monoisotopic (exact) mass is 285 g/mol. The van der Waals surface area contributed by atoms with Crippen molar-refractivity contribution in [2.24, 2.45) is 12.8 Å². The van der Waals surface area contributed by atoms with Gasteiger partial charge in [-0.05, 0) is 12.8 Å². The Kier molecular flexibility index (Phi) is 3.63. The number of primary amides is 1. The smallest absolute Gasteiger partial charge is 0.329 e. The topological polar surface area (TPSA) is 116 Å². The average molecular weight is 285 g/mol. The van der Waals surface area contributed by atoms with Crippen molar-refractivity contribution in [3.05, 3.63) is 26.7 Å². The number of hydrogen-bond donors (Lipinski definition) is 2. The van der Waals surface area contributed by atoms with Crippen LogP contribution in [0.5, 0.6) is 0 Å². The minimum Gasteiger partial charge on any atom is -0.359 e. The van der Waals surface area contributed by atoms with Crippen LogP contribution in [0.3, 0.4) is 0 Å². The fourth-order valence-corrected chi connectivity index (χ4v) is 1.76. The second-order valence-electron chi connectivity index (χ2n) is 4.05. The molecule has 0 saturated carbocycles. The van der Waals surface area contributed by atoms with Gasteiger partial charge in [0.15, 0.2) is 17.0 Å². The first kappa shape index (κ1) is 14.2. The fourth-order valence-electron chi connectivity index (χ4n) is 1.76. The minimum absolute atomic E-state index is 0.137. The zero-order chi connectivity index (χ0) is 15.6. The number of imidazole rings is 1. The zero-order valence-corrected chi connectivity index (χ0v) is 11.4. The molecule has 2 aromatic heterocycles. The molecule has 0 atom stereocenters. The predicted molar refractivity (Wildman–Crippen MR) is 75.1 cm³/mol. The standard InChI is InChI=1S/C13H11N5O3/c1-3-4-7-18-9(6-5-8(14)19)15-11-10(18)12(20)16-13(21)17(11)2/h7H2,1-2H3,(H2,14,19)(H,16,20,21). The summed E-state index contributed by atoms with van der Waals surface area (Å²) in [5, 5.41) is 0. The van der Waals surface area contributed by atoms with Crippen LogP contribution in [0.25, 0.3) is 11.2 Å². The van der Waals surface area contributed by atoms with Crippen molar-refractivity contribution in [2.75, 3.05) is 0 Å². The summed E-state index contributed by atoms with van der Waals surface area (Å²) in [5.41, 5.74) is 4.11. The van der Waals surface area contributed by atoms with Crippen molar-refractivity contribution < 1.29 is 4.79 Å². The van der Waals surface area contributed by atoms with Gasteiger partial charge in [-0.2, -0.15) is 0 Å². The van der Waals surface area contributed by atoms with Crippen molar-refractivity contribution in [2.45, 2.75) is 13.5 Å². The van der Waals surface area contributed by atoms with Gasteiger partial charge < -0.3 is 5.73 Å². The first-order valence-electron chi connectivity index (χ1n) is 5.86. The van der Waals surface area contributed by atoms with Gasteiger partial charge in [0.1, 0.15) is 0 Å². The van der Waals surface area contributed by atoms with Crippen LogP contribution >= 0.6 is 0 Å². The van der Waals surface area contributed by atoms with Crippen LogP contribution in [0.4, 0.5) is 0 Å². The van der Waals surface area contributed by atoms with Crippen molar-refractivity contribution in [3.63, 3.8) is 0 Å². The number of aryl methyl sites for hydroxylation is 1. The summed E-state index contributed by atoms with van der Waals surface area (Å²) in [5.74, 6) is 9.41. The van der Waals surface area contributed by atoms with Gasteiger partial charge >= 0.3 is 5.69 Å². The molecule has 1 amide bonds. The summed E-state index contributed by atoms with van der Waals surface area (Å²) in [4.78, 5) is 40.6. The third-order valence-electron chi connectivity index (χ3n) is 2.72. The number of amides is 1. The molecule has 0 unspecified atom stereocenters. The van der Waals surface area contributed by atoms with Gasteiger partial charge in [0.2, 0.25) is 0 Å². The van der Waals surface area contributed by atoms with Crippen LogP contribution < -0.4 is 17.0 Å². The van der Waals surface area contributed by atoms with E-state index in [0.29, 0.717) is 0 Å². The van der Waals surface area contributed by atoms with Crippen LogP contribution in [0, 0.1) is 23.7 Å². The molecular weight excluding hydrogens is 274 g/mol. The lowest BCUT2D eigenvalue weighted by molar-refractivity contribution is -0.112. The number of hydrogen-bond acceptors (Lipinski definition) is 4. The maximum Gasteiger partial charge on any atom is 0.329 e. The largest absolute Gasteiger partial charge is 0.359 e. The molecule has 0 fully saturated rings. The Morgan fingerprint density at radius 1 is 1.43 bits per heavy atom. The Balaban J connectivity index is 2.88. The zero-order valence-electron chi connectivity index (χ0n) is 11.4. The third kappa shape index (κ3) is 2.55. The van der Waals surface area contributed by atoms with E-state index in [4.69, 9.17) is 5.73 Å². The van der Waals surface area contributed by atoms with Gasteiger partial charge in [0.25, 0.3) is 11.5 Å². The number of rotatable bonds is 1. The molecule has 0 aliphatic heterocycles. The average Bonchev–Trinajstić information content (AvgIpc) is 2.79. The highest BCUT2D eigenvalue weighted by Crippen LogP contribution is 2.09. The number of H-pyrrole nitrogens is 1. The van der Waals surface area contributed by atoms with E-state index >= 15 is 0 Å². The van der Waals surface area contributed by atoms with Gasteiger partial charge in [0.05, 0.1) is 6.54 Å². The summed E-state index contributed by atoms with van der Waals surface area (Å²) >= 11 is 0. The predicted octanol–water partition coefficient (Wildman–Crippen LogP) is -1.72. The molecule has 2 heterocycles. The Morgan fingerprint density at radius 3 is 2.76 bits per heavy atom. The van der Waals surface area contributed by atoms with Gasteiger partial charge in [-0.25, -0.2) is 9.78 Å². The molecule has 0 aliphatic carbocycles. The highest BCUT2D eigenvalue weighted by Gasteiger charge is 2.15.